The Bertz CT molecular complexity index is 850. The molecule has 1 fully saturated rings. The highest BCUT2D eigenvalue weighted by Crippen LogP contribution is 2.31. The first-order chi connectivity index (χ1) is 12.5. The number of benzene rings is 2. The number of aryl methyl sites for hydroxylation is 1. The van der Waals surface area contributed by atoms with Crippen molar-refractivity contribution in [3.05, 3.63) is 62.7 Å². The molecule has 0 bridgehead atoms. The fraction of sp³-hybridized carbons (Fsp3) is 0.278. The number of carbonyl (C=O) groups excluding carboxylic acids is 1. The molecule has 0 saturated carbocycles. The topological polar surface area (TPSA) is 84.7 Å². The summed E-state index contributed by atoms with van der Waals surface area (Å²) in [5.74, 6) is -0.324. The molecule has 0 aromatic heterocycles. The quantitative estimate of drug-likeness (QED) is 0.651. The van der Waals surface area contributed by atoms with Gasteiger partial charge in [-0.1, -0.05) is 17.7 Å². The fourth-order valence-electron chi connectivity index (χ4n) is 2.73. The number of nitro groups is 1. The lowest BCUT2D eigenvalue weighted by Gasteiger charge is -2.30. The van der Waals surface area contributed by atoms with Crippen molar-refractivity contribution in [1.82, 2.24) is 0 Å². The molecule has 0 unspecified atom stereocenters. The van der Waals surface area contributed by atoms with Gasteiger partial charge >= 0.3 is 0 Å². The number of rotatable bonds is 4. The molecular weight excluding hydrogens is 358 g/mol. The fourth-order valence-corrected chi connectivity index (χ4v) is 2.91. The van der Waals surface area contributed by atoms with Crippen LogP contribution in [-0.2, 0) is 4.74 Å². The van der Waals surface area contributed by atoms with Gasteiger partial charge in [0.2, 0.25) is 0 Å². The van der Waals surface area contributed by atoms with E-state index in [0.29, 0.717) is 48.3 Å². The van der Waals surface area contributed by atoms with Crippen LogP contribution >= 0.6 is 11.6 Å². The Morgan fingerprint density at radius 3 is 2.62 bits per heavy atom. The van der Waals surface area contributed by atoms with Gasteiger partial charge < -0.3 is 15.0 Å². The SMILES string of the molecule is Cc1ccc(C(=O)Nc2ccc([N+](=O)[O-])cc2N2CCOCC2)cc1Cl. The van der Waals surface area contributed by atoms with Crippen LogP contribution in [-0.4, -0.2) is 37.1 Å². The van der Waals surface area contributed by atoms with Gasteiger partial charge in [0.1, 0.15) is 0 Å². The average Bonchev–Trinajstić information content (AvgIpc) is 2.64. The van der Waals surface area contributed by atoms with Gasteiger partial charge in [0.25, 0.3) is 11.6 Å². The van der Waals surface area contributed by atoms with Crippen molar-refractivity contribution in [1.29, 1.82) is 0 Å². The van der Waals surface area contributed by atoms with Crippen molar-refractivity contribution < 1.29 is 14.5 Å². The van der Waals surface area contributed by atoms with Crippen molar-refractivity contribution in [2.45, 2.75) is 6.92 Å². The Morgan fingerprint density at radius 2 is 1.96 bits per heavy atom. The molecule has 1 saturated heterocycles. The lowest BCUT2D eigenvalue weighted by atomic mass is 10.1. The minimum absolute atomic E-state index is 0.0251. The number of morpholine rings is 1. The maximum Gasteiger partial charge on any atom is 0.271 e. The molecule has 136 valence electrons. The van der Waals surface area contributed by atoms with E-state index in [1.165, 1.54) is 12.1 Å². The largest absolute Gasteiger partial charge is 0.378 e. The molecule has 2 aromatic carbocycles. The summed E-state index contributed by atoms with van der Waals surface area (Å²) in [6.45, 7) is 4.12. The number of halogens is 1. The lowest BCUT2D eigenvalue weighted by Crippen LogP contribution is -2.36. The van der Waals surface area contributed by atoms with Gasteiger partial charge in [-0.25, -0.2) is 0 Å². The van der Waals surface area contributed by atoms with Crippen molar-refractivity contribution in [3.8, 4) is 0 Å². The molecule has 0 aliphatic carbocycles. The van der Waals surface area contributed by atoms with Crippen LogP contribution in [0, 0.1) is 17.0 Å². The van der Waals surface area contributed by atoms with Crippen LogP contribution in [0.25, 0.3) is 0 Å². The third-order valence-corrected chi connectivity index (χ3v) is 4.63. The van der Waals surface area contributed by atoms with E-state index in [9.17, 15) is 14.9 Å². The molecule has 7 nitrogen and oxygen atoms in total. The molecule has 1 aliphatic heterocycles. The summed E-state index contributed by atoms with van der Waals surface area (Å²) in [5, 5.41) is 14.5. The number of non-ortho nitro benzene ring substituents is 1. The van der Waals surface area contributed by atoms with Gasteiger partial charge in [-0.2, -0.15) is 0 Å². The Kier molecular flexibility index (Phi) is 5.39. The van der Waals surface area contributed by atoms with Gasteiger partial charge in [0.05, 0.1) is 29.5 Å². The number of nitrogens with zero attached hydrogens (tertiary/aromatic N) is 2. The smallest absolute Gasteiger partial charge is 0.271 e. The second kappa shape index (κ2) is 7.72. The van der Waals surface area contributed by atoms with Crippen LogP contribution < -0.4 is 10.2 Å². The van der Waals surface area contributed by atoms with Crippen molar-refractivity contribution in [3.63, 3.8) is 0 Å². The maximum atomic E-state index is 12.6. The number of carbonyl (C=O) groups is 1. The minimum atomic E-state index is -0.449. The molecule has 0 atom stereocenters. The molecule has 3 rings (SSSR count). The summed E-state index contributed by atoms with van der Waals surface area (Å²) in [7, 11) is 0. The monoisotopic (exact) mass is 375 g/mol. The van der Waals surface area contributed by atoms with Crippen molar-refractivity contribution >= 4 is 34.6 Å². The Balaban J connectivity index is 1.91. The van der Waals surface area contributed by atoms with E-state index in [1.54, 1.807) is 24.3 Å². The van der Waals surface area contributed by atoms with Crippen molar-refractivity contribution in [2.24, 2.45) is 0 Å². The number of hydrogen-bond donors (Lipinski definition) is 1. The Hall–Kier alpha value is -2.64. The number of nitrogens with one attached hydrogen (secondary N) is 1. The normalized spacial score (nSPS) is 14.2. The number of ether oxygens (including phenoxy) is 1. The number of amides is 1. The molecule has 1 heterocycles. The first-order valence-electron chi connectivity index (χ1n) is 8.14. The van der Waals surface area contributed by atoms with E-state index in [1.807, 2.05) is 11.8 Å². The summed E-state index contributed by atoms with van der Waals surface area (Å²) in [4.78, 5) is 25.2. The highest BCUT2D eigenvalue weighted by atomic mass is 35.5. The van der Waals surface area contributed by atoms with Gasteiger partial charge in [-0.3, -0.25) is 14.9 Å². The van der Waals surface area contributed by atoms with Crippen LogP contribution in [0.3, 0.4) is 0 Å². The highest BCUT2D eigenvalue weighted by Gasteiger charge is 2.20. The third-order valence-electron chi connectivity index (χ3n) is 4.23. The predicted molar refractivity (Wildman–Crippen MR) is 100 cm³/mol. The lowest BCUT2D eigenvalue weighted by molar-refractivity contribution is -0.384. The predicted octanol–water partition coefficient (Wildman–Crippen LogP) is 3.65. The Labute approximate surface area is 155 Å². The van der Waals surface area contributed by atoms with Crippen LogP contribution in [0.4, 0.5) is 17.1 Å². The van der Waals surface area contributed by atoms with E-state index in [2.05, 4.69) is 5.32 Å². The zero-order valence-electron chi connectivity index (χ0n) is 14.2. The second-order valence-corrected chi connectivity index (χ2v) is 6.38. The molecule has 0 spiro atoms. The number of nitro benzene ring substituents is 1. The minimum Gasteiger partial charge on any atom is -0.378 e. The first kappa shape index (κ1) is 18.2. The van der Waals surface area contributed by atoms with Gasteiger partial charge in [-0.15, -0.1) is 0 Å². The van der Waals surface area contributed by atoms with Crippen LogP contribution in [0.2, 0.25) is 5.02 Å². The van der Waals surface area contributed by atoms with Gasteiger partial charge in [-0.05, 0) is 30.7 Å². The van der Waals surface area contributed by atoms with E-state index in [-0.39, 0.29) is 11.6 Å². The molecule has 0 radical (unpaired) electrons. The van der Waals surface area contributed by atoms with Crippen molar-refractivity contribution in [2.75, 3.05) is 36.5 Å². The van der Waals surface area contributed by atoms with E-state index >= 15 is 0 Å². The summed E-state index contributed by atoms with van der Waals surface area (Å²) in [5.41, 5.74) is 2.40. The number of hydrogen-bond acceptors (Lipinski definition) is 5. The molecular formula is C18H18ClN3O4. The summed E-state index contributed by atoms with van der Waals surface area (Å²) in [6.07, 6.45) is 0. The molecule has 26 heavy (non-hydrogen) atoms. The molecule has 8 heteroatoms. The number of anilines is 2. The zero-order valence-corrected chi connectivity index (χ0v) is 15.0. The molecule has 1 aliphatic rings. The highest BCUT2D eigenvalue weighted by molar-refractivity contribution is 6.31. The van der Waals surface area contributed by atoms with Crippen LogP contribution in [0.5, 0.6) is 0 Å². The summed E-state index contributed by atoms with van der Waals surface area (Å²) >= 11 is 6.09. The standard InChI is InChI=1S/C18H18ClN3O4/c1-12-2-3-13(10-15(12)19)18(23)20-16-5-4-14(22(24)25)11-17(16)21-6-8-26-9-7-21/h2-5,10-11H,6-9H2,1H3,(H,20,23). The van der Waals surface area contributed by atoms with Crippen LogP contribution in [0.15, 0.2) is 36.4 Å². The average molecular weight is 376 g/mol. The van der Waals surface area contributed by atoms with E-state index in [4.69, 9.17) is 16.3 Å². The molecule has 1 N–H and O–H groups in total. The van der Waals surface area contributed by atoms with Gasteiger partial charge in [0, 0.05) is 35.8 Å². The van der Waals surface area contributed by atoms with E-state index in [0.717, 1.165) is 5.56 Å². The first-order valence-corrected chi connectivity index (χ1v) is 8.52. The maximum absolute atomic E-state index is 12.6. The zero-order chi connectivity index (χ0) is 18.7. The summed E-state index contributed by atoms with van der Waals surface area (Å²) in [6, 6.07) is 9.47. The summed E-state index contributed by atoms with van der Waals surface area (Å²) < 4.78 is 5.34. The van der Waals surface area contributed by atoms with Gasteiger partial charge in [0.15, 0.2) is 0 Å². The van der Waals surface area contributed by atoms with Crippen LogP contribution in [0.1, 0.15) is 15.9 Å². The molecule has 1 amide bonds. The Morgan fingerprint density at radius 1 is 1.23 bits per heavy atom. The van der Waals surface area contributed by atoms with E-state index < -0.39 is 4.92 Å². The molecule has 2 aromatic rings. The second-order valence-electron chi connectivity index (χ2n) is 5.98. The third kappa shape index (κ3) is 3.95.